The van der Waals surface area contributed by atoms with Crippen LogP contribution in [-0.4, -0.2) is 14.8 Å². The molecule has 0 unspecified atom stereocenters. The van der Waals surface area contributed by atoms with Crippen LogP contribution >= 0.6 is 0 Å². The molecule has 0 N–H and O–H groups in total. The van der Waals surface area contributed by atoms with Gasteiger partial charge in [-0.15, -0.1) is 10.2 Å². The lowest BCUT2D eigenvalue weighted by molar-refractivity contribution is 0.604. The van der Waals surface area contributed by atoms with E-state index in [1.807, 2.05) is 0 Å². The average Bonchev–Trinajstić information content (AvgIpc) is 2.70. The summed E-state index contributed by atoms with van der Waals surface area (Å²) in [7, 11) is 0. The molecular formula is C13H17N3. The number of aryl methyl sites for hydroxylation is 2. The molecule has 16 heavy (non-hydrogen) atoms. The number of benzene rings is 1. The van der Waals surface area contributed by atoms with Crippen molar-refractivity contribution in [3.05, 3.63) is 35.7 Å². The fourth-order valence-electron chi connectivity index (χ4n) is 1.79. The van der Waals surface area contributed by atoms with Gasteiger partial charge in [0.05, 0.1) is 0 Å². The van der Waals surface area contributed by atoms with Gasteiger partial charge in [0.1, 0.15) is 6.33 Å². The van der Waals surface area contributed by atoms with Crippen LogP contribution < -0.4 is 0 Å². The van der Waals surface area contributed by atoms with Crippen LogP contribution in [0.2, 0.25) is 0 Å². The zero-order valence-corrected chi connectivity index (χ0v) is 10.2. The average molecular weight is 215 g/mol. The second-order valence-electron chi connectivity index (χ2n) is 4.47. The molecule has 3 heteroatoms. The summed E-state index contributed by atoms with van der Waals surface area (Å²) in [6.07, 6.45) is 1.79. The predicted octanol–water partition coefficient (Wildman–Crippen LogP) is 3.14. The standard InChI is InChI=1S/C13H17N3/c1-9(2)16-8-14-15-13(16)12-7-10(3)5-6-11(12)4/h5-9H,1-4H3. The minimum Gasteiger partial charge on any atom is -0.311 e. The SMILES string of the molecule is Cc1ccc(C)c(-c2nncn2C(C)C)c1. The molecular weight excluding hydrogens is 198 g/mol. The molecule has 0 bridgehead atoms. The Morgan fingerprint density at radius 1 is 1.19 bits per heavy atom. The summed E-state index contributed by atoms with van der Waals surface area (Å²) < 4.78 is 2.10. The molecule has 3 nitrogen and oxygen atoms in total. The van der Waals surface area contributed by atoms with E-state index in [0.29, 0.717) is 6.04 Å². The maximum absolute atomic E-state index is 4.22. The molecule has 2 aromatic rings. The van der Waals surface area contributed by atoms with E-state index in [2.05, 4.69) is 60.7 Å². The number of nitrogens with zero attached hydrogens (tertiary/aromatic N) is 3. The second-order valence-corrected chi connectivity index (χ2v) is 4.47. The smallest absolute Gasteiger partial charge is 0.164 e. The Balaban J connectivity index is 2.58. The minimum atomic E-state index is 0.380. The molecule has 0 amide bonds. The van der Waals surface area contributed by atoms with Gasteiger partial charge in [0.15, 0.2) is 5.82 Å². The van der Waals surface area contributed by atoms with E-state index < -0.39 is 0 Å². The first kappa shape index (κ1) is 10.9. The van der Waals surface area contributed by atoms with Crippen molar-refractivity contribution in [2.75, 3.05) is 0 Å². The van der Waals surface area contributed by atoms with Gasteiger partial charge in [-0.1, -0.05) is 17.7 Å². The summed E-state index contributed by atoms with van der Waals surface area (Å²) in [5, 5.41) is 8.23. The molecule has 1 heterocycles. The van der Waals surface area contributed by atoms with Crippen LogP contribution in [0.3, 0.4) is 0 Å². The highest BCUT2D eigenvalue weighted by atomic mass is 15.3. The fourth-order valence-corrected chi connectivity index (χ4v) is 1.79. The highest BCUT2D eigenvalue weighted by Gasteiger charge is 2.11. The second kappa shape index (κ2) is 4.08. The van der Waals surface area contributed by atoms with Crippen LogP contribution in [0, 0.1) is 13.8 Å². The molecule has 0 aliphatic rings. The number of hydrogen-bond acceptors (Lipinski definition) is 2. The third-order valence-electron chi connectivity index (χ3n) is 2.76. The summed E-state index contributed by atoms with van der Waals surface area (Å²) in [5.74, 6) is 0.955. The van der Waals surface area contributed by atoms with Gasteiger partial charge in [0, 0.05) is 11.6 Å². The van der Waals surface area contributed by atoms with Gasteiger partial charge in [-0.05, 0) is 39.3 Å². The van der Waals surface area contributed by atoms with E-state index in [1.165, 1.54) is 16.7 Å². The van der Waals surface area contributed by atoms with Crippen LogP contribution in [0.15, 0.2) is 24.5 Å². The van der Waals surface area contributed by atoms with Crippen molar-refractivity contribution in [1.82, 2.24) is 14.8 Å². The van der Waals surface area contributed by atoms with Gasteiger partial charge in [-0.25, -0.2) is 0 Å². The molecule has 0 saturated carbocycles. The van der Waals surface area contributed by atoms with Gasteiger partial charge >= 0.3 is 0 Å². The van der Waals surface area contributed by atoms with Crippen molar-refractivity contribution < 1.29 is 0 Å². The molecule has 0 saturated heterocycles. The van der Waals surface area contributed by atoms with Gasteiger partial charge in [0.2, 0.25) is 0 Å². The van der Waals surface area contributed by atoms with E-state index in [9.17, 15) is 0 Å². The van der Waals surface area contributed by atoms with Crippen molar-refractivity contribution >= 4 is 0 Å². The zero-order valence-electron chi connectivity index (χ0n) is 10.2. The van der Waals surface area contributed by atoms with Crippen molar-refractivity contribution in [2.24, 2.45) is 0 Å². The monoisotopic (exact) mass is 215 g/mol. The first-order valence-electron chi connectivity index (χ1n) is 5.56. The Morgan fingerprint density at radius 3 is 2.62 bits per heavy atom. The maximum atomic E-state index is 4.22. The lowest BCUT2D eigenvalue weighted by Gasteiger charge is -2.12. The summed E-state index contributed by atoms with van der Waals surface area (Å²) in [6.45, 7) is 8.48. The van der Waals surface area contributed by atoms with Crippen LogP contribution in [0.4, 0.5) is 0 Å². The molecule has 0 aliphatic heterocycles. The Morgan fingerprint density at radius 2 is 1.94 bits per heavy atom. The molecule has 2 rings (SSSR count). The topological polar surface area (TPSA) is 30.7 Å². The minimum absolute atomic E-state index is 0.380. The Kier molecular flexibility index (Phi) is 2.77. The first-order valence-corrected chi connectivity index (χ1v) is 5.56. The lowest BCUT2D eigenvalue weighted by Crippen LogP contribution is -2.02. The summed E-state index contributed by atoms with van der Waals surface area (Å²) >= 11 is 0. The third kappa shape index (κ3) is 1.85. The number of rotatable bonds is 2. The predicted molar refractivity (Wildman–Crippen MR) is 65.3 cm³/mol. The maximum Gasteiger partial charge on any atom is 0.164 e. The van der Waals surface area contributed by atoms with Gasteiger partial charge in [-0.3, -0.25) is 0 Å². The van der Waals surface area contributed by atoms with Gasteiger partial charge in [0.25, 0.3) is 0 Å². The first-order chi connectivity index (χ1) is 7.59. The quantitative estimate of drug-likeness (QED) is 0.770. The van der Waals surface area contributed by atoms with Crippen LogP contribution in [0.25, 0.3) is 11.4 Å². The van der Waals surface area contributed by atoms with Crippen LogP contribution in [0.1, 0.15) is 31.0 Å². The third-order valence-corrected chi connectivity index (χ3v) is 2.76. The Bertz CT molecular complexity index is 498. The Hall–Kier alpha value is -1.64. The molecule has 0 aliphatic carbocycles. The van der Waals surface area contributed by atoms with Gasteiger partial charge < -0.3 is 4.57 Å². The van der Waals surface area contributed by atoms with Crippen molar-refractivity contribution in [2.45, 2.75) is 33.7 Å². The van der Waals surface area contributed by atoms with E-state index in [1.54, 1.807) is 6.33 Å². The normalized spacial score (nSPS) is 11.1. The summed E-state index contributed by atoms with van der Waals surface area (Å²) in [6, 6.07) is 6.79. The number of hydrogen-bond donors (Lipinski definition) is 0. The van der Waals surface area contributed by atoms with E-state index in [-0.39, 0.29) is 0 Å². The van der Waals surface area contributed by atoms with Crippen LogP contribution in [-0.2, 0) is 0 Å². The fraction of sp³-hybridized carbons (Fsp3) is 0.385. The van der Waals surface area contributed by atoms with Crippen molar-refractivity contribution in [3.8, 4) is 11.4 Å². The number of aromatic nitrogens is 3. The summed E-state index contributed by atoms with van der Waals surface area (Å²) in [4.78, 5) is 0. The van der Waals surface area contributed by atoms with E-state index >= 15 is 0 Å². The van der Waals surface area contributed by atoms with Crippen molar-refractivity contribution in [3.63, 3.8) is 0 Å². The summed E-state index contributed by atoms with van der Waals surface area (Å²) in [5.41, 5.74) is 3.66. The highest BCUT2D eigenvalue weighted by Crippen LogP contribution is 2.24. The highest BCUT2D eigenvalue weighted by molar-refractivity contribution is 5.61. The molecule has 0 atom stereocenters. The molecule has 1 aromatic carbocycles. The van der Waals surface area contributed by atoms with Crippen LogP contribution in [0.5, 0.6) is 0 Å². The Labute approximate surface area is 96.1 Å². The van der Waals surface area contributed by atoms with Gasteiger partial charge in [-0.2, -0.15) is 0 Å². The van der Waals surface area contributed by atoms with E-state index in [0.717, 1.165) is 5.82 Å². The molecule has 0 radical (unpaired) electrons. The largest absolute Gasteiger partial charge is 0.311 e. The molecule has 1 aromatic heterocycles. The lowest BCUT2D eigenvalue weighted by atomic mass is 10.0. The van der Waals surface area contributed by atoms with E-state index in [4.69, 9.17) is 0 Å². The molecule has 0 fully saturated rings. The zero-order chi connectivity index (χ0) is 11.7. The van der Waals surface area contributed by atoms with Crippen molar-refractivity contribution in [1.29, 1.82) is 0 Å². The molecule has 0 spiro atoms. The molecule has 84 valence electrons.